The normalized spacial score (nSPS) is 20.9. The van der Waals surface area contributed by atoms with E-state index in [4.69, 9.17) is 5.73 Å². The maximum Gasteiger partial charge on any atom is 0.244 e. The average molecular weight is 466 g/mol. The summed E-state index contributed by atoms with van der Waals surface area (Å²) in [7, 11) is 0. The summed E-state index contributed by atoms with van der Waals surface area (Å²) in [5, 5.41) is 5.81. The van der Waals surface area contributed by atoms with Crippen LogP contribution in [0.1, 0.15) is 73.6 Å². The first-order valence-corrected chi connectivity index (χ1v) is 12.1. The lowest BCUT2D eigenvalue weighted by atomic mass is 9.74. The molecule has 0 heterocycles. The molecule has 2 aromatic carbocycles. The van der Waals surface area contributed by atoms with Gasteiger partial charge in [0.25, 0.3) is 0 Å². The highest BCUT2D eigenvalue weighted by molar-refractivity contribution is 5.89. The van der Waals surface area contributed by atoms with Gasteiger partial charge in [-0.15, -0.1) is 0 Å². The van der Waals surface area contributed by atoms with Crippen molar-refractivity contribution in [1.29, 1.82) is 0 Å². The van der Waals surface area contributed by atoms with Crippen LogP contribution in [0.15, 0.2) is 48.5 Å². The SMILES string of the molecule is NC(=O)[C@H](NC(=O)[C@@H]1CCCC[C@H]1c1ccc(CCC(=O)NC2CC2)cc1)c1ccc(F)cc1. The summed E-state index contributed by atoms with van der Waals surface area (Å²) >= 11 is 0. The minimum Gasteiger partial charge on any atom is -0.368 e. The fraction of sp³-hybridized carbons (Fsp3) is 0.444. The molecule has 2 aliphatic rings. The number of nitrogens with one attached hydrogen (secondary N) is 2. The number of rotatable bonds is 9. The first-order chi connectivity index (χ1) is 16.4. The van der Waals surface area contributed by atoms with Crippen molar-refractivity contribution < 1.29 is 18.8 Å². The molecule has 3 amide bonds. The van der Waals surface area contributed by atoms with Gasteiger partial charge in [0.15, 0.2) is 0 Å². The highest BCUT2D eigenvalue weighted by Gasteiger charge is 2.34. The van der Waals surface area contributed by atoms with E-state index in [0.717, 1.165) is 49.7 Å². The van der Waals surface area contributed by atoms with Crippen molar-refractivity contribution in [2.24, 2.45) is 11.7 Å². The number of halogens is 1. The second kappa shape index (κ2) is 10.8. The largest absolute Gasteiger partial charge is 0.368 e. The number of hydrogen-bond donors (Lipinski definition) is 3. The average Bonchev–Trinajstić information content (AvgIpc) is 3.66. The summed E-state index contributed by atoms with van der Waals surface area (Å²) in [6.45, 7) is 0. The molecule has 0 unspecified atom stereocenters. The minimum absolute atomic E-state index is 0.0442. The summed E-state index contributed by atoms with van der Waals surface area (Å²) in [6, 6.07) is 13.0. The van der Waals surface area contributed by atoms with E-state index in [0.29, 0.717) is 24.4 Å². The molecule has 2 aromatic rings. The van der Waals surface area contributed by atoms with Crippen LogP contribution in [0.3, 0.4) is 0 Å². The van der Waals surface area contributed by atoms with E-state index in [2.05, 4.69) is 22.8 Å². The molecule has 2 aliphatic carbocycles. The number of aryl methyl sites for hydroxylation is 1. The smallest absolute Gasteiger partial charge is 0.244 e. The Balaban J connectivity index is 1.40. The molecule has 0 spiro atoms. The fourth-order valence-corrected chi connectivity index (χ4v) is 4.78. The molecule has 7 heteroatoms. The quantitative estimate of drug-likeness (QED) is 0.527. The molecule has 0 radical (unpaired) electrons. The molecule has 0 bridgehead atoms. The lowest BCUT2D eigenvalue weighted by molar-refractivity contribution is -0.131. The van der Waals surface area contributed by atoms with Gasteiger partial charge in [0.05, 0.1) is 0 Å². The van der Waals surface area contributed by atoms with Crippen molar-refractivity contribution in [1.82, 2.24) is 10.6 Å². The molecular formula is C27H32FN3O3. The van der Waals surface area contributed by atoms with Gasteiger partial charge in [0, 0.05) is 18.4 Å². The Morgan fingerprint density at radius 2 is 1.62 bits per heavy atom. The number of primary amides is 1. The summed E-state index contributed by atoms with van der Waals surface area (Å²) in [4.78, 5) is 37.2. The van der Waals surface area contributed by atoms with Gasteiger partial charge < -0.3 is 16.4 Å². The van der Waals surface area contributed by atoms with E-state index in [1.807, 2.05) is 12.1 Å². The van der Waals surface area contributed by atoms with Gasteiger partial charge in [-0.1, -0.05) is 49.2 Å². The highest BCUT2D eigenvalue weighted by Crippen LogP contribution is 2.38. The van der Waals surface area contributed by atoms with Gasteiger partial charge in [-0.25, -0.2) is 4.39 Å². The molecule has 180 valence electrons. The molecule has 0 aliphatic heterocycles. The molecule has 4 N–H and O–H groups in total. The molecule has 0 saturated heterocycles. The molecule has 2 fully saturated rings. The third-order valence-corrected chi connectivity index (χ3v) is 6.87. The number of hydrogen-bond acceptors (Lipinski definition) is 3. The number of carbonyl (C=O) groups excluding carboxylic acids is 3. The zero-order valence-corrected chi connectivity index (χ0v) is 19.3. The molecular weight excluding hydrogens is 433 g/mol. The predicted molar refractivity (Wildman–Crippen MR) is 127 cm³/mol. The Kier molecular flexibility index (Phi) is 7.60. The third-order valence-electron chi connectivity index (χ3n) is 6.87. The van der Waals surface area contributed by atoms with Crippen LogP contribution in [0.4, 0.5) is 4.39 Å². The number of amides is 3. The second-order valence-electron chi connectivity index (χ2n) is 9.48. The predicted octanol–water partition coefficient (Wildman–Crippen LogP) is 3.65. The van der Waals surface area contributed by atoms with E-state index in [1.165, 1.54) is 24.3 Å². The third kappa shape index (κ3) is 6.22. The fourth-order valence-electron chi connectivity index (χ4n) is 4.78. The lowest BCUT2D eigenvalue weighted by Crippen LogP contribution is -2.42. The zero-order valence-electron chi connectivity index (χ0n) is 19.3. The van der Waals surface area contributed by atoms with Crippen LogP contribution in [0.2, 0.25) is 0 Å². The van der Waals surface area contributed by atoms with Crippen molar-refractivity contribution in [2.45, 2.75) is 69.4 Å². The van der Waals surface area contributed by atoms with Crippen molar-refractivity contribution >= 4 is 17.7 Å². The lowest BCUT2D eigenvalue weighted by Gasteiger charge is -2.32. The van der Waals surface area contributed by atoms with Crippen LogP contribution in [-0.4, -0.2) is 23.8 Å². The molecule has 0 aromatic heterocycles. The topological polar surface area (TPSA) is 101 Å². The van der Waals surface area contributed by atoms with Crippen LogP contribution < -0.4 is 16.4 Å². The van der Waals surface area contributed by atoms with E-state index in [9.17, 15) is 18.8 Å². The number of nitrogens with two attached hydrogens (primary N) is 1. The van der Waals surface area contributed by atoms with Crippen LogP contribution >= 0.6 is 0 Å². The molecule has 6 nitrogen and oxygen atoms in total. The van der Waals surface area contributed by atoms with E-state index in [1.54, 1.807) is 0 Å². The summed E-state index contributed by atoms with van der Waals surface area (Å²) < 4.78 is 13.3. The van der Waals surface area contributed by atoms with E-state index in [-0.39, 0.29) is 23.7 Å². The number of carbonyl (C=O) groups is 3. The summed E-state index contributed by atoms with van der Waals surface area (Å²) in [5.41, 5.74) is 8.19. The highest BCUT2D eigenvalue weighted by atomic mass is 19.1. The molecule has 4 rings (SSSR count). The van der Waals surface area contributed by atoms with Crippen molar-refractivity contribution in [3.05, 3.63) is 71.0 Å². The van der Waals surface area contributed by atoms with Crippen LogP contribution in [0, 0.1) is 11.7 Å². The van der Waals surface area contributed by atoms with E-state index < -0.39 is 17.8 Å². The van der Waals surface area contributed by atoms with Crippen molar-refractivity contribution in [3.8, 4) is 0 Å². The Morgan fingerprint density at radius 3 is 2.26 bits per heavy atom. The van der Waals surface area contributed by atoms with Gasteiger partial charge in [-0.05, 0) is 66.8 Å². The van der Waals surface area contributed by atoms with Gasteiger partial charge >= 0.3 is 0 Å². The van der Waals surface area contributed by atoms with Crippen molar-refractivity contribution in [2.75, 3.05) is 0 Å². The molecule has 3 atom stereocenters. The van der Waals surface area contributed by atoms with Gasteiger partial charge in [0.2, 0.25) is 17.7 Å². The van der Waals surface area contributed by atoms with Crippen LogP contribution in [0.25, 0.3) is 0 Å². The second-order valence-corrected chi connectivity index (χ2v) is 9.48. The van der Waals surface area contributed by atoms with Crippen LogP contribution in [0.5, 0.6) is 0 Å². The monoisotopic (exact) mass is 465 g/mol. The van der Waals surface area contributed by atoms with Gasteiger partial charge in [-0.3, -0.25) is 14.4 Å². The van der Waals surface area contributed by atoms with Gasteiger partial charge in [0.1, 0.15) is 11.9 Å². The first-order valence-electron chi connectivity index (χ1n) is 12.1. The van der Waals surface area contributed by atoms with Crippen LogP contribution in [-0.2, 0) is 20.8 Å². The Morgan fingerprint density at radius 1 is 0.941 bits per heavy atom. The Bertz CT molecular complexity index is 1020. The summed E-state index contributed by atoms with van der Waals surface area (Å²) in [5.74, 6) is -1.44. The van der Waals surface area contributed by atoms with Gasteiger partial charge in [-0.2, -0.15) is 0 Å². The Labute approximate surface area is 199 Å². The number of benzene rings is 2. The minimum atomic E-state index is -1.00. The maximum atomic E-state index is 13.3. The first kappa shape index (κ1) is 23.9. The van der Waals surface area contributed by atoms with E-state index >= 15 is 0 Å². The molecule has 34 heavy (non-hydrogen) atoms. The zero-order chi connectivity index (χ0) is 24.1. The van der Waals surface area contributed by atoms with Crippen molar-refractivity contribution in [3.63, 3.8) is 0 Å². The maximum absolute atomic E-state index is 13.3. The summed E-state index contributed by atoms with van der Waals surface area (Å²) in [6.07, 6.45) is 6.93. The molecule has 2 saturated carbocycles. The standard InChI is InChI=1S/C27H32FN3O3/c28-20-12-10-19(11-13-20)25(26(29)33)31-27(34)23-4-2-1-3-22(23)18-8-5-17(6-9-18)7-16-24(32)30-21-14-15-21/h5-6,8-13,21-23,25H,1-4,7,14-16H2,(H2,29,33)(H,30,32)(H,31,34)/t22-,23+,25+/m0/s1. The Hall–Kier alpha value is -3.22.